The lowest BCUT2D eigenvalue weighted by atomic mass is 9.92. The van der Waals surface area contributed by atoms with Crippen LogP contribution in [0.25, 0.3) is 0 Å². The number of hydrogen-bond donors (Lipinski definition) is 2. The van der Waals surface area contributed by atoms with Crippen molar-refractivity contribution in [2.24, 2.45) is 0 Å². The third-order valence-corrected chi connectivity index (χ3v) is 2.86. The summed E-state index contributed by atoms with van der Waals surface area (Å²) in [6, 6.07) is -0.105. The van der Waals surface area contributed by atoms with Crippen LogP contribution in [0.5, 0.6) is 0 Å². The zero-order chi connectivity index (χ0) is 10.6. The molecule has 82 valence electrons. The number of carboxylic acids is 1. The normalized spacial score (nSPS) is 29.9. The number of carboxylic acid groups (broad SMARTS) is 1. The summed E-state index contributed by atoms with van der Waals surface area (Å²) in [5.74, 6) is -0.779. The molecule has 2 N–H and O–H groups in total. The molecule has 1 aliphatic rings. The first-order valence-corrected chi connectivity index (χ1v) is 5.15. The Labute approximate surface area is 84.6 Å². The highest BCUT2D eigenvalue weighted by molar-refractivity contribution is 5.72. The first-order valence-electron chi connectivity index (χ1n) is 5.15. The smallest absolute Gasteiger partial charge is 0.320 e. The van der Waals surface area contributed by atoms with Crippen LogP contribution in [0.4, 0.5) is 0 Å². The van der Waals surface area contributed by atoms with Crippen molar-refractivity contribution < 1.29 is 14.6 Å². The monoisotopic (exact) mass is 201 g/mol. The molecule has 1 aliphatic carbocycles. The fourth-order valence-corrected chi connectivity index (χ4v) is 1.89. The molecule has 0 amide bonds. The molecule has 4 nitrogen and oxygen atoms in total. The van der Waals surface area contributed by atoms with Crippen LogP contribution in [0.15, 0.2) is 0 Å². The Morgan fingerprint density at radius 3 is 2.43 bits per heavy atom. The van der Waals surface area contributed by atoms with Gasteiger partial charge in [-0.05, 0) is 32.6 Å². The molecule has 0 spiro atoms. The van der Waals surface area contributed by atoms with E-state index in [4.69, 9.17) is 9.84 Å². The lowest BCUT2D eigenvalue weighted by Crippen LogP contribution is -2.43. The van der Waals surface area contributed by atoms with Gasteiger partial charge in [0.25, 0.3) is 0 Å². The van der Waals surface area contributed by atoms with Crippen LogP contribution in [0.3, 0.4) is 0 Å². The first-order chi connectivity index (χ1) is 6.63. The average Bonchev–Trinajstić information content (AvgIpc) is 2.19. The van der Waals surface area contributed by atoms with Crippen LogP contribution in [0.1, 0.15) is 32.6 Å². The van der Waals surface area contributed by atoms with E-state index in [1.165, 1.54) is 0 Å². The van der Waals surface area contributed by atoms with Crippen molar-refractivity contribution in [3.8, 4) is 0 Å². The maximum Gasteiger partial charge on any atom is 0.320 e. The molecule has 0 aliphatic heterocycles. The number of aliphatic carboxylic acids is 1. The minimum atomic E-state index is -0.779. The van der Waals surface area contributed by atoms with Gasteiger partial charge in [-0.15, -0.1) is 0 Å². The summed E-state index contributed by atoms with van der Waals surface area (Å²) >= 11 is 0. The summed E-state index contributed by atoms with van der Waals surface area (Å²) in [7, 11) is 1.73. The van der Waals surface area contributed by atoms with Crippen molar-refractivity contribution in [1.82, 2.24) is 5.32 Å². The van der Waals surface area contributed by atoms with Crippen molar-refractivity contribution in [3.05, 3.63) is 0 Å². The van der Waals surface area contributed by atoms with Crippen LogP contribution >= 0.6 is 0 Å². The van der Waals surface area contributed by atoms with Crippen molar-refractivity contribution >= 4 is 5.97 Å². The third kappa shape index (κ3) is 3.27. The number of rotatable bonds is 4. The summed E-state index contributed by atoms with van der Waals surface area (Å²) in [5, 5.41) is 11.8. The average molecular weight is 201 g/mol. The van der Waals surface area contributed by atoms with Gasteiger partial charge in [-0.3, -0.25) is 4.79 Å². The topological polar surface area (TPSA) is 58.6 Å². The predicted molar refractivity (Wildman–Crippen MR) is 53.3 cm³/mol. The lowest BCUT2D eigenvalue weighted by molar-refractivity contribution is -0.139. The predicted octanol–water partition coefficient (Wildman–Crippen LogP) is 1.01. The summed E-state index contributed by atoms with van der Waals surface area (Å²) in [4.78, 5) is 10.6. The van der Waals surface area contributed by atoms with Gasteiger partial charge in [0.05, 0.1) is 6.10 Å². The Morgan fingerprint density at radius 1 is 1.43 bits per heavy atom. The number of hydrogen-bond acceptors (Lipinski definition) is 3. The fraction of sp³-hybridized carbons (Fsp3) is 0.900. The van der Waals surface area contributed by atoms with Gasteiger partial charge in [-0.1, -0.05) is 0 Å². The molecule has 0 bridgehead atoms. The molecule has 0 unspecified atom stereocenters. The zero-order valence-corrected chi connectivity index (χ0v) is 8.82. The fourth-order valence-electron chi connectivity index (χ4n) is 1.89. The van der Waals surface area contributed by atoms with Gasteiger partial charge in [-0.2, -0.15) is 0 Å². The number of methoxy groups -OCH3 is 1. The van der Waals surface area contributed by atoms with E-state index in [-0.39, 0.29) is 0 Å². The standard InChI is InChI=1S/C10H19NO3/c1-7(10(12)13)11-8-3-5-9(14-2)6-4-8/h7-9,11H,3-6H2,1-2H3,(H,12,13)/t7-,8?,9?/m0/s1. The molecule has 4 heteroatoms. The van der Waals surface area contributed by atoms with E-state index in [0.717, 1.165) is 25.7 Å². The molecule has 14 heavy (non-hydrogen) atoms. The van der Waals surface area contributed by atoms with Gasteiger partial charge < -0.3 is 15.2 Å². The minimum Gasteiger partial charge on any atom is -0.480 e. The molecule has 1 rings (SSSR count). The van der Waals surface area contributed by atoms with Gasteiger partial charge in [0.1, 0.15) is 6.04 Å². The van der Waals surface area contributed by atoms with Crippen LogP contribution in [-0.4, -0.2) is 36.4 Å². The number of ether oxygens (including phenoxy) is 1. The highest BCUT2D eigenvalue weighted by Gasteiger charge is 2.23. The Balaban J connectivity index is 2.25. The van der Waals surface area contributed by atoms with Gasteiger partial charge >= 0.3 is 5.97 Å². The van der Waals surface area contributed by atoms with Crippen LogP contribution in [-0.2, 0) is 9.53 Å². The van der Waals surface area contributed by atoms with E-state index < -0.39 is 12.0 Å². The maximum atomic E-state index is 10.6. The second-order valence-electron chi connectivity index (χ2n) is 3.94. The van der Waals surface area contributed by atoms with E-state index in [9.17, 15) is 4.79 Å². The molecule has 1 saturated carbocycles. The van der Waals surface area contributed by atoms with Crippen molar-refractivity contribution in [2.45, 2.75) is 50.8 Å². The Bertz CT molecular complexity index is 188. The summed E-state index contributed by atoms with van der Waals surface area (Å²) in [6.07, 6.45) is 4.45. The van der Waals surface area contributed by atoms with Gasteiger partial charge in [-0.25, -0.2) is 0 Å². The summed E-state index contributed by atoms with van der Waals surface area (Å²) in [6.45, 7) is 1.69. The second kappa shape index (κ2) is 5.32. The SMILES string of the molecule is COC1CCC(N[C@@H](C)C(=O)O)CC1. The molecule has 0 aromatic heterocycles. The van der Waals surface area contributed by atoms with E-state index in [1.807, 2.05) is 0 Å². The van der Waals surface area contributed by atoms with E-state index in [2.05, 4.69) is 5.32 Å². The highest BCUT2D eigenvalue weighted by atomic mass is 16.5. The van der Waals surface area contributed by atoms with E-state index in [1.54, 1.807) is 14.0 Å². The van der Waals surface area contributed by atoms with Crippen LogP contribution in [0, 0.1) is 0 Å². The molecule has 0 aromatic carbocycles. The molecule has 0 radical (unpaired) electrons. The highest BCUT2D eigenvalue weighted by Crippen LogP contribution is 2.20. The molecule has 0 aromatic rings. The first kappa shape index (κ1) is 11.5. The van der Waals surface area contributed by atoms with Gasteiger partial charge in [0.15, 0.2) is 0 Å². The molecular weight excluding hydrogens is 182 g/mol. The zero-order valence-electron chi connectivity index (χ0n) is 8.82. The third-order valence-electron chi connectivity index (χ3n) is 2.86. The largest absolute Gasteiger partial charge is 0.480 e. The summed E-state index contributed by atoms with van der Waals surface area (Å²) < 4.78 is 5.25. The van der Waals surface area contributed by atoms with E-state index >= 15 is 0 Å². The molecule has 0 saturated heterocycles. The van der Waals surface area contributed by atoms with Gasteiger partial charge in [0.2, 0.25) is 0 Å². The quantitative estimate of drug-likeness (QED) is 0.712. The Kier molecular flexibility index (Phi) is 4.35. The van der Waals surface area contributed by atoms with Crippen LogP contribution in [0.2, 0.25) is 0 Å². The van der Waals surface area contributed by atoms with Crippen molar-refractivity contribution in [3.63, 3.8) is 0 Å². The van der Waals surface area contributed by atoms with Gasteiger partial charge in [0, 0.05) is 13.2 Å². The van der Waals surface area contributed by atoms with E-state index in [0.29, 0.717) is 12.1 Å². The number of carbonyl (C=O) groups is 1. The Hall–Kier alpha value is -0.610. The van der Waals surface area contributed by atoms with Crippen LogP contribution < -0.4 is 5.32 Å². The lowest BCUT2D eigenvalue weighted by Gasteiger charge is -2.29. The molecule has 1 atom stereocenters. The summed E-state index contributed by atoms with van der Waals surface area (Å²) in [5.41, 5.74) is 0. The molecule has 0 heterocycles. The molecular formula is C10H19NO3. The minimum absolute atomic E-state index is 0.340. The van der Waals surface area contributed by atoms with Crippen molar-refractivity contribution in [2.75, 3.05) is 7.11 Å². The van der Waals surface area contributed by atoms with Crippen molar-refractivity contribution in [1.29, 1.82) is 0 Å². The molecule has 1 fully saturated rings. The number of nitrogens with one attached hydrogen (secondary N) is 1. The Morgan fingerprint density at radius 2 is 2.00 bits per heavy atom. The second-order valence-corrected chi connectivity index (χ2v) is 3.94. The maximum absolute atomic E-state index is 10.6.